The number of hydrogen-bond acceptors (Lipinski definition) is 6. The van der Waals surface area contributed by atoms with Crippen LogP contribution in [0.25, 0.3) is 22.3 Å². The van der Waals surface area contributed by atoms with E-state index in [2.05, 4.69) is 25.6 Å². The summed E-state index contributed by atoms with van der Waals surface area (Å²) in [6.07, 6.45) is 1.68. The van der Waals surface area contributed by atoms with Gasteiger partial charge in [-0.15, -0.1) is 0 Å². The standard InChI is InChI=1S/C28H33F2N5O4/c1-13-4-9-20(39-11-16-5-6-16)22(23(13)30)25-26-24(31-12-32-25)21(14(2)33-26)28(38)34-17-7-8-19(18(29)10-17)35-27(37)15(3)36/h4,9,12,15-19,33,36H,5-8,10-11H2,1-3H3,(H,34,38)(H,35,37)/t15-,17-,18+,19-/m0/s1. The Bertz CT molecular complexity index is 1400. The Balaban J connectivity index is 1.39. The molecule has 2 aromatic heterocycles. The first-order valence-corrected chi connectivity index (χ1v) is 13.3. The molecule has 9 nitrogen and oxygen atoms in total. The maximum Gasteiger partial charge on any atom is 0.255 e. The number of aliphatic hydroxyl groups excluding tert-OH is 1. The van der Waals surface area contributed by atoms with Gasteiger partial charge in [0.15, 0.2) is 0 Å². The summed E-state index contributed by atoms with van der Waals surface area (Å²) in [7, 11) is 0. The molecular formula is C28H33F2N5O4. The number of nitrogens with zero attached hydrogens (tertiary/aromatic N) is 2. The third-order valence-corrected chi connectivity index (χ3v) is 7.52. The molecule has 2 aliphatic rings. The zero-order valence-electron chi connectivity index (χ0n) is 22.2. The molecule has 208 valence electrons. The highest BCUT2D eigenvalue weighted by molar-refractivity contribution is 6.09. The smallest absolute Gasteiger partial charge is 0.255 e. The lowest BCUT2D eigenvalue weighted by Crippen LogP contribution is -2.51. The molecule has 2 heterocycles. The van der Waals surface area contributed by atoms with Crippen LogP contribution in [0.5, 0.6) is 5.75 Å². The van der Waals surface area contributed by atoms with Gasteiger partial charge in [-0.05, 0) is 64.0 Å². The first kappa shape index (κ1) is 27.0. The average Bonchev–Trinajstić information content (AvgIpc) is 3.65. The van der Waals surface area contributed by atoms with E-state index in [0.29, 0.717) is 59.1 Å². The van der Waals surface area contributed by atoms with E-state index < -0.39 is 42.0 Å². The molecule has 2 fully saturated rings. The van der Waals surface area contributed by atoms with Crippen LogP contribution in [0.3, 0.4) is 0 Å². The van der Waals surface area contributed by atoms with E-state index >= 15 is 4.39 Å². The van der Waals surface area contributed by atoms with E-state index in [0.717, 1.165) is 12.8 Å². The number of aliphatic hydroxyl groups is 1. The number of carbonyl (C=O) groups excluding carboxylic acids is 2. The second-order valence-electron chi connectivity index (χ2n) is 10.7. The van der Waals surface area contributed by atoms with Crippen LogP contribution in [0.2, 0.25) is 0 Å². The Kier molecular flexibility index (Phi) is 7.53. The number of amides is 2. The number of nitrogens with one attached hydrogen (secondary N) is 3. The third-order valence-electron chi connectivity index (χ3n) is 7.52. The minimum absolute atomic E-state index is 0.0222. The highest BCUT2D eigenvalue weighted by atomic mass is 19.1. The van der Waals surface area contributed by atoms with Crippen molar-refractivity contribution in [2.24, 2.45) is 5.92 Å². The van der Waals surface area contributed by atoms with Crippen molar-refractivity contribution in [1.82, 2.24) is 25.6 Å². The van der Waals surface area contributed by atoms with Crippen LogP contribution >= 0.6 is 0 Å². The number of rotatable bonds is 8. The number of H-pyrrole nitrogens is 1. The lowest BCUT2D eigenvalue weighted by Gasteiger charge is -2.32. The number of aromatic amines is 1. The summed E-state index contributed by atoms with van der Waals surface area (Å²) in [5.74, 6) is -0.640. The molecule has 5 rings (SSSR count). The zero-order chi connectivity index (χ0) is 27.8. The fourth-order valence-electron chi connectivity index (χ4n) is 5.05. The molecule has 0 spiro atoms. The number of carbonyl (C=O) groups is 2. The number of halogens is 2. The average molecular weight is 542 g/mol. The monoisotopic (exact) mass is 541 g/mol. The highest BCUT2D eigenvalue weighted by Gasteiger charge is 2.34. The zero-order valence-corrected chi connectivity index (χ0v) is 22.2. The molecule has 3 aromatic rings. The highest BCUT2D eigenvalue weighted by Crippen LogP contribution is 2.39. The molecule has 0 saturated heterocycles. The predicted molar refractivity (Wildman–Crippen MR) is 141 cm³/mol. The second kappa shape index (κ2) is 10.9. The van der Waals surface area contributed by atoms with Gasteiger partial charge >= 0.3 is 0 Å². The fraction of sp³-hybridized carbons (Fsp3) is 0.500. The SMILES string of the molecule is Cc1ccc(OCC2CC2)c(-c2ncnc3c(C(=O)N[C@H]4CC[C@H](NC(=O)[C@H](C)O)[C@H](F)C4)c(C)[nH]c23)c1F. The van der Waals surface area contributed by atoms with Crippen molar-refractivity contribution >= 4 is 22.8 Å². The number of fused-ring (bicyclic) bond motifs is 1. The normalized spacial score (nSPS) is 21.9. The van der Waals surface area contributed by atoms with Crippen molar-refractivity contribution in [2.45, 2.75) is 77.2 Å². The largest absolute Gasteiger partial charge is 0.492 e. The third kappa shape index (κ3) is 5.59. The molecule has 2 amide bonds. The first-order valence-electron chi connectivity index (χ1n) is 13.3. The lowest BCUT2D eigenvalue weighted by molar-refractivity contribution is -0.130. The van der Waals surface area contributed by atoms with E-state index in [4.69, 9.17) is 4.74 Å². The number of hydrogen-bond donors (Lipinski definition) is 4. The topological polar surface area (TPSA) is 129 Å². The molecule has 0 bridgehead atoms. The lowest BCUT2D eigenvalue weighted by atomic mass is 9.89. The van der Waals surface area contributed by atoms with Crippen LogP contribution in [0.4, 0.5) is 8.78 Å². The van der Waals surface area contributed by atoms with Crippen LogP contribution in [0.1, 0.15) is 60.6 Å². The second-order valence-corrected chi connectivity index (χ2v) is 10.7. The van der Waals surface area contributed by atoms with Gasteiger partial charge in [-0.2, -0.15) is 0 Å². The van der Waals surface area contributed by atoms with Gasteiger partial charge in [0.2, 0.25) is 5.91 Å². The Hall–Kier alpha value is -3.60. The summed E-state index contributed by atoms with van der Waals surface area (Å²) in [5.41, 5.74) is 2.50. The number of aryl methyl sites for hydroxylation is 2. The van der Waals surface area contributed by atoms with E-state index in [9.17, 15) is 19.1 Å². The molecule has 1 aromatic carbocycles. The van der Waals surface area contributed by atoms with Crippen LogP contribution in [-0.2, 0) is 4.79 Å². The Morgan fingerprint density at radius 1 is 1.18 bits per heavy atom. The van der Waals surface area contributed by atoms with Crippen molar-refractivity contribution in [3.8, 4) is 17.0 Å². The number of benzene rings is 1. The summed E-state index contributed by atoms with van der Waals surface area (Å²) in [5, 5.41) is 14.8. The van der Waals surface area contributed by atoms with E-state index in [1.165, 1.54) is 13.3 Å². The number of aromatic nitrogens is 3. The van der Waals surface area contributed by atoms with Crippen molar-refractivity contribution in [2.75, 3.05) is 6.61 Å². The summed E-state index contributed by atoms with van der Waals surface area (Å²) in [6.45, 7) is 5.21. The quantitative estimate of drug-likeness (QED) is 0.345. The fourth-order valence-corrected chi connectivity index (χ4v) is 5.05. The maximum atomic E-state index is 15.5. The Morgan fingerprint density at radius 2 is 1.95 bits per heavy atom. The van der Waals surface area contributed by atoms with Crippen LogP contribution in [0.15, 0.2) is 18.5 Å². The summed E-state index contributed by atoms with van der Waals surface area (Å²) < 4.78 is 36.2. The summed E-state index contributed by atoms with van der Waals surface area (Å²) in [6, 6.07) is 2.24. The molecular weight excluding hydrogens is 508 g/mol. The van der Waals surface area contributed by atoms with Crippen molar-refractivity contribution in [3.05, 3.63) is 41.1 Å². The van der Waals surface area contributed by atoms with Crippen molar-refractivity contribution < 1.29 is 28.2 Å². The molecule has 39 heavy (non-hydrogen) atoms. The minimum Gasteiger partial charge on any atom is -0.492 e. The molecule has 2 aliphatic carbocycles. The van der Waals surface area contributed by atoms with Gasteiger partial charge in [0.1, 0.15) is 41.4 Å². The molecule has 0 aliphatic heterocycles. The molecule has 2 saturated carbocycles. The first-order chi connectivity index (χ1) is 18.6. The molecule has 4 N–H and O–H groups in total. The number of ether oxygens (including phenoxy) is 1. The van der Waals surface area contributed by atoms with Crippen molar-refractivity contribution in [1.29, 1.82) is 0 Å². The van der Waals surface area contributed by atoms with Gasteiger partial charge in [-0.3, -0.25) is 9.59 Å². The predicted octanol–water partition coefficient (Wildman–Crippen LogP) is 3.66. The van der Waals surface area contributed by atoms with Gasteiger partial charge in [-0.1, -0.05) is 6.07 Å². The van der Waals surface area contributed by atoms with Gasteiger partial charge in [0, 0.05) is 18.2 Å². The van der Waals surface area contributed by atoms with Gasteiger partial charge < -0.3 is 25.5 Å². The molecule has 11 heteroatoms. The summed E-state index contributed by atoms with van der Waals surface area (Å²) >= 11 is 0. The van der Waals surface area contributed by atoms with Gasteiger partial charge in [0.05, 0.1) is 29.3 Å². The molecule has 0 radical (unpaired) electrons. The van der Waals surface area contributed by atoms with Crippen molar-refractivity contribution in [3.63, 3.8) is 0 Å². The maximum absolute atomic E-state index is 15.5. The Labute approximate surface area is 224 Å². The number of alkyl halides is 1. The minimum atomic E-state index is -1.37. The molecule has 4 atom stereocenters. The van der Waals surface area contributed by atoms with Crippen LogP contribution in [-0.4, -0.2) is 62.8 Å². The van der Waals surface area contributed by atoms with Gasteiger partial charge in [0.25, 0.3) is 5.91 Å². The van der Waals surface area contributed by atoms with E-state index in [-0.39, 0.29) is 17.5 Å². The van der Waals surface area contributed by atoms with E-state index in [1.54, 1.807) is 26.0 Å². The van der Waals surface area contributed by atoms with Crippen LogP contribution < -0.4 is 15.4 Å². The van der Waals surface area contributed by atoms with Gasteiger partial charge in [-0.25, -0.2) is 18.7 Å². The van der Waals surface area contributed by atoms with E-state index in [1.807, 2.05) is 0 Å². The summed E-state index contributed by atoms with van der Waals surface area (Å²) in [4.78, 5) is 37.0. The van der Waals surface area contributed by atoms with Crippen LogP contribution in [0, 0.1) is 25.6 Å². The Morgan fingerprint density at radius 3 is 2.64 bits per heavy atom. The molecule has 0 unspecified atom stereocenters.